The number of hydrogen-bond acceptors (Lipinski definition) is 3. The van der Waals surface area contributed by atoms with Crippen LogP contribution in [0, 0.1) is 0 Å². The Morgan fingerprint density at radius 2 is 2.43 bits per heavy atom. The second-order valence-corrected chi connectivity index (χ2v) is 3.14. The van der Waals surface area contributed by atoms with Crippen LogP contribution < -0.4 is 5.73 Å². The van der Waals surface area contributed by atoms with Crippen LogP contribution in [0.5, 0.6) is 0 Å². The number of halogens is 1. The normalized spacial score (nSPS) is 11.6. The maximum atomic E-state index is 5.78. The summed E-state index contributed by atoms with van der Waals surface area (Å²) in [6.07, 6.45) is 7.22. The molecule has 0 atom stereocenters. The smallest absolute Gasteiger partial charge is 0.163 e. The van der Waals surface area contributed by atoms with Crippen molar-refractivity contribution in [3.05, 3.63) is 35.3 Å². The molecule has 0 aliphatic rings. The molecule has 0 bridgehead atoms. The molecule has 0 aromatic carbocycles. The molecule has 2 rings (SSSR count). The first kappa shape index (κ1) is 9.18. The summed E-state index contributed by atoms with van der Waals surface area (Å²) in [5.74, 6) is 0. The summed E-state index contributed by atoms with van der Waals surface area (Å²) in [5, 5.41) is 4.57. The van der Waals surface area contributed by atoms with Crippen molar-refractivity contribution in [2.75, 3.05) is 6.54 Å². The lowest BCUT2D eigenvalue weighted by atomic mass is 10.3. The summed E-state index contributed by atoms with van der Waals surface area (Å²) < 4.78 is 1.67. The van der Waals surface area contributed by atoms with E-state index in [0.29, 0.717) is 11.7 Å². The molecule has 0 spiro atoms. The topological polar surface area (TPSA) is 56.2 Å². The van der Waals surface area contributed by atoms with Gasteiger partial charge in [0, 0.05) is 18.3 Å². The lowest BCUT2D eigenvalue weighted by Crippen LogP contribution is -1.92. The summed E-state index contributed by atoms with van der Waals surface area (Å²) in [6, 6.07) is 1.69. The van der Waals surface area contributed by atoms with Gasteiger partial charge in [0.2, 0.25) is 0 Å². The van der Waals surface area contributed by atoms with E-state index >= 15 is 0 Å². The van der Waals surface area contributed by atoms with Crippen molar-refractivity contribution < 1.29 is 0 Å². The van der Waals surface area contributed by atoms with Gasteiger partial charge in [-0.05, 0) is 6.07 Å². The first-order valence-corrected chi connectivity index (χ1v) is 4.55. The number of aromatic nitrogens is 3. The second-order valence-electron chi connectivity index (χ2n) is 2.76. The van der Waals surface area contributed by atoms with Crippen molar-refractivity contribution in [2.45, 2.75) is 0 Å². The summed E-state index contributed by atoms with van der Waals surface area (Å²) >= 11 is 5.78. The average molecular weight is 209 g/mol. The molecule has 2 aromatic rings. The van der Waals surface area contributed by atoms with E-state index in [0.717, 1.165) is 11.2 Å². The molecule has 2 aromatic heterocycles. The van der Waals surface area contributed by atoms with Crippen LogP contribution >= 0.6 is 11.6 Å². The highest BCUT2D eigenvalue weighted by Crippen LogP contribution is 2.12. The van der Waals surface area contributed by atoms with Gasteiger partial charge in [0.1, 0.15) is 5.15 Å². The molecule has 14 heavy (non-hydrogen) atoms. The highest BCUT2D eigenvalue weighted by Gasteiger charge is 2.02. The van der Waals surface area contributed by atoms with Crippen LogP contribution in [0.25, 0.3) is 11.7 Å². The maximum absolute atomic E-state index is 5.78. The number of nitrogens with zero attached hydrogens (tertiary/aromatic N) is 3. The molecule has 2 N–H and O–H groups in total. The van der Waals surface area contributed by atoms with Gasteiger partial charge in [0.15, 0.2) is 5.65 Å². The molecular weight excluding hydrogens is 200 g/mol. The van der Waals surface area contributed by atoms with Gasteiger partial charge in [-0.15, -0.1) is 0 Å². The Morgan fingerprint density at radius 1 is 1.57 bits per heavy atom. The van der Waals surface area contributed by atoms with Gasteiger partial charge in [-0.1, -0.05) is 23.8 Å². The molecule has 0 aliphatic heterocycles. The zero-order chi connectivity index (χ0) is 9.97. The van der Waals surface area contributed by atoms with Gasteiger partial charge in [0.25, 0.3) is 0 Å². The summed E-state index contributed by atoms with van der Waals surface area (Å²) in [5.41, 5.74) is 7.01. The maximum Gasteiger partial charge on any atom is 0.163 e. The van der Waals surface area contributed by atoms with E-state index in [1.54, 1.807) is 23.0 Å². The molecule has 0 radical (unpaired) electrons. The van der Waals surface area contributed by atoms with E-state index in [1.165, 1.54) is 0 Å². The van der Waals surface area contributed by atoms with Gasteiger partial charge < -0.3 is 5.73 Å². The summed E-state index contributed by atoms with van der Waals surface area (Å²) in [7, 11) is 0. The molecule has 72 valence electrons. The van der Waals surface area contributed by atoms with Crippen LogP contribution in [0.3, 0.4) is 0 Å². The fourth-order valence-corrected chi connectivity index (χ4v) is 1.31. The fourth-order valence-electron chi connectivity index (χ4n) is 1.18. The first-order chi connectivity index (χ1) is 6.81. The number of hydrogen-bond donors (Lipinski definition) is 1. The Bertz CT molecular complexity index is 475. The summed E-state index contributed by atoms with van der Waals surface area (Å²) in [6.45, 7) is 0.498. The minimum absolute atomic E-state index is 0.459. The molecule has 5 heteroatoms. The third-order valence-corrected chi connectivity index (χ3v) is 2.01. The van der Waals surface area contributed by atoms with Gasteiger partial charge >= 0.3 is 0 Å². The highest BCUT2D eigenvalue weighted by atomic mass is 35.5. The summed E-state index contributed by atoms with van der Waals surface area (Å²) in [4.78, 5) is 4.16. The van der Waals surface area contributed by atoms with E-state index in [-0.39, 0.29) is 0 Å². The lowest BCUT2D eigenvalue weighted by molar-refractivity contribution is 0.939. The Balaban J connectivity index is 2.55. The monoisotopic (exact) mass is 208 g/mol. The quantitative estimate of drug-likeness (QED) is 0.759. The third kappa shape index (κ3) is 1.62. The van der Waals surface area contributed by atoms with Crippen molar-refractivity contribution in [1.82, 2.24) is 14.6 Å². The van der Waals surface area contributed by atoms with Gasteiger partial charge in [-0.3, -0.25) is 0 Å². The zero-order valence-corrected chi connectivity index (χ0v) is 8.15. The molecule has 4 nitrogen and oxygen atoms in total. The highest BCUT2D eigenvalue weighted by molar-refractivity contribution is 6.29. The standard InChI is InChI=1S/C9H9ClN4/c10-8-3-5-14-9(13-8)7(6-12-14)2-1-4-11/h1-3,5-6H,4,11H2. The molecule has 2 heterocycles. The van der Waals surface area contributed by atoms with E-state index in [2.05, 4.69) is 10.1 Å². The van der Waals surface area contributed by atoms with Crippen LogP contribution in [-0.4, -0.2) is 21.1 Å². The first-order valence-electron chi connectivity index (χ1n) is 4.18. The average Bonchev–Trinajstić information content (AvgIpc) is 2.57. The Labute approximate surface area is 86.0 Å². The number of nitrogens with two attached hydrogens (primary N) is 1. The molecule has 0 amide bonds. The second kappa shape index (κ2) is 3.77. The van der Waals surface area contributed by atoms with E-state index < -0.39 is 0 Å². The zero-order valence-electron chi connectivity index (χ0n) is 7.39. The van der Waals surface area contributed by atoms with Crippen LogP contribution in [0.1, 0.15) is 5.56 Å². The van der Waals surface area contributed by atoms with Crippen LogP contribution in [-0.2, 0) is 0 Å². The van der Waals surface area contributed by atoms with Gasteiger partial charge in [-0.25, -0.2) is 9.50 Å². The van der Waals surface area contributed by atoms with E-state index in [9.17, 15) is 0 Å². The largest absolute Gasteiger partial charge is 0.327 e. The molecule has 0 fully saturated rings. The van der Waals surface area contributed by atoms with Gasteiger partial charge in [0.05, 0.1) is 6.20 Å². The SMILES string of the molecule is NCC=Cc1cnn2ccc(Cl)nc12. The van der Waals surface area contributed by atoms with Crippen molar-refractivity contribution in [3.8, 4) is 0 Å². The van der Waals surface area contributed by atoms with Crippen molar-refractivity contribution >= 4 is 23.3 Å². The lowest BCUT2D eigenvalue weighted by Gasteiger charge is -1.93. The molecule has 0 saturated heterocycles. The minimum Gasteiger partial charge on any atom is -0.327 e. The van der Waals surface area contributed by atoms with Crippen molar-refractivity contribution in [1.29, 1.82) is 0 Å². The Kier molecular flexibility index (Phi) is 2.47. The Morgan fingerprint density at radius 3 is 3.21 bits per heavy atom. The fraction of sp³-hybridized carbons (Fsp3) is 0.111. The van der Waals surface area contributed by atoms with E-state index in [4.69, 9.17) is 17.3 Å². The predicted molar refractivity (Wildman–Crippen MR) is 56.1 cm³/mol. The molecule has 0 unspecified atom stereocenters. The Hall–Kier alpha value is -1.39. The molecular formula is C9H9ClN4. The third-order valence-electron chi connectivity index (χ3n) is 1.80. The minimum atomic E-state index is 0.459. The van der Waals surface area contributed by atoms with E-state index in [1.807, 2.05) is 12.2 Å². The molecule has 0 saturated carbocycles. The van der Waals surface area contributed by atoms with Crippen LogP contribution in [0.15, 0.2) is 24.5 Å². The van der Waals surface area contributed by atoms with Gasteiger partial charge in [-0.2, -0.15) is 5.10 Å². The van der Waals surface area contributed by atoms with Crippen LogP contribution in [0.4, 0.5) is 0 Å². The molecule has 0 aliphatic carbocycles. The van der Waals surface area contributed by atoms with Crippen molar-refractivity contribution in [2.24, 2.45) is 5.73 Å². The predicted octanol–water partition coefficient (Wildman–Crippen LogP) is 1.35. The number of rotatable bonds is 2. The number of fused-ring (bicyclic) bond motifs is 1. The van der Waals surface area contributed by atoms with Crippen molar-refractivity contribution in [3.63, 3.8) is 0 Å². The van der Waals surface area contributed by atoms with Crippen LogP contribution in [0.2, 0.25) is 5.15 Å².